The van der Waals surface area contributed by atoms with Crippen LogP contribution in [0.5, 0.6) is 5.75 Å². The number of methoxy groups -OCH3 is 1. The van der Waals surface area contributed by atoms with Gasteiger partial charge in [-0.05, 0) is 11.6 Å². The SMILES string of the molecule is COc1cn(C(N)=[NH2+])nc1Cc1ccccc1F. The van der Waals surface area contributed by atoms with Crippen LogP contribution in [0.2, 0.25) is 0 Å². The molecule has 2 rings (SSSR count). The van der Waals surface area contributed by atoms with E-state index < -0.39 is 0 Å². The summed E-state index contributed by atoms with van der Waals surface area (Å²) >= 11 is 0. The van der Waals surface area contributed by atoms with E-state index in [4.69, 9.17) is 15.9 Å². The maximum absolute atomic E-state index is 13.5. The Kier molecular flexibility index (Phi) is 3.27. The summed E-state index contributed by atoms with van der Waals surface area (Å²) in [6.07, 6.45) is 1.88. The Balaban J connectivity index is 2.34. The Hall–Kier alpha value is -2.37. The highest BCUT2D eigenvalue weighted by atomic mass is 19.1. The molecule has 94 valence electrons. The van der Waals surface area contributed by atoms with Crippen LogP contribution in [0, 0.1) is 5.82 Å². The quantitative estimate of drug-likeness (QED) is 0.571. The second-order valence-electron chi connectivity index (χ2n) is 3.78. The van der Waals surface area contributed by atoms with Crippen LogP contribution in [0.1, 0.15) is 11.3 Å². The molecule has 0 spiro atoms. The van der Waals surface area contributed by atoms with Crippen LogP contribution < -0.4 is 15.9 Å². The summed E-state index contributed by atoms with van der Waals surface area (Å²) in [5, 5.41) is 9.59. The molecule has 6 heteroatoms. The fraction of sp³-hybridized carbons (Fsp3) is 0.167. The van der Waals surface area contributed by atoms with Crippen molar-refractivity contribution in [3.8, 4) is 5.75 Å². The summed E-state index contributed by atoms with van der Waals surface area (Å²) in [5.41, 5.74) is 6.56. The van der Waals surface area contributed by atoms with Gasteiger partial charge in [-0.1, -0.05) is 18.2 Å². The van der Waals surface area contributed by atoms with Crippen molar-refractivity contribution in [3.05, 3.63) is 47.5 Å². The van der Waals surface area contributed by atoms with Gasteiger partial charge in [0.1, 0.15) is 17.7 Å². The van der Waals surface area contributed by atoms with Crippen molar-refractivity contribution < 1.29 is 14.5 Å². The molecule has 0 saturated carbocycles. The van der Waals surface area contributed by atoms with Gasteiger partial charge >= 0.3 is 5.96 Å². The lowest BCUT2D eigenvalue weighted by molar-refractivity contribution is -0.120. The normalized spacial score (nSPS) is 10.3. The summed E-state index contributed by atoms with van der Waals surface area (Å²) in [4.78, 5) is 0. The van der Waals surface area contributed by atoms with E-state index in [0.29, 0.717) is 23.4 Å². The first-order valence-electron chi connectivity index (χ1n) is 5.36. The van der Waals surface area contributed by atoms with E-state index in [2.05, 4.69) is 5.10 Å². The van der Waals surface area contributed by atoms with Crippen molar-refractivity contribution in [2.24, 2.45) is 5.73 Å². The second-order valence-corrected chi connectivity index (χ2v) is 3.78. The Labute approximate surface area is 103 Å². The Bertz CT molecular complexity index is 579. The highest BCUT2D eigenvalue weighted by molar-refractivity contribution is 5.73. The standard InChI is InChI=1S/C12H13FN4O/c1-18-11-7-17(12(14)15)16-10(11)6-8-4-2-3-5-9(8)13/h2-5,7H,6H2,1H3,(H3,14,15)/p+1. The number of benzene rings is 1. The number of aromatic nitrogens is 2. The Morgan fingerprint density at radius 2 is 2.22 bits per heavy atom. The predicted octanol–water partition coefficient (Wildman–Crippen LogP) is -0.456. The second kappa shape index (κ2) is 4.87. The molecule has 0 amide bonds. The molecule has 0 saturated heterocycles. The van der Waals surface area contributed by atoms with Gasteiger partial charge < -0.3 is 4.74 Å². The van der Waals surface area contributed by atoms with Crippen LogP contribution in [0.15, 0.2) is 30.5 Å². The van der Waals surface area contributed by atoms with Gasteiger partial charge in [0, 0.05) is 6.42 Å². The topological polar surface area (TPSA) is 78.7 Å². The van der Waals surface area contributed by atoms with Crippen LogP contribution >= 0.6 is 0 Å². The lowest BCUT2D eigenvalue weighted by Gasteiger charge is -2.01. The number of hydrogen-bond donors (Lipinski definition) is 2. The maximum Gasteiger partial charge on any atom is 0.370 e. The summed E-state index contributed by atoms with van der Waals surface area (Å²) < 4.78 is 20.0. The number of nitrogens with two attached hydrogens (primary N) is 2. The van der Waals surface area contributed by atoms with E-state index in [1.54, 1.807) is 24.4 Å². The van der Waals surface area contributed by atoms with E-state index in [-0.39, 0.29) is 11.8 Å². The maximum atomic E-state index is 13.5. The monoisotopic (exact) mass is 249 g/mol. The van der Waals surface area contributed by atoms with E-state index in [1.165, 1.54) is 17.9 Å². The van der Waals surface area contributed by atoms with E-state index in [9.17, 15) is 4.39 Å². The van der Waals surface area contributed by atoms with Gasteiger partial charge in [0.25, 0.3) is 0 Å². The summed E-state index contributed by atoms with van der Waals surface area (Å²) in [7, 11) is 1.51. The summed E-state index contributed by atoms with van der Waals surface area (Å²) in [6, 6.07) is 6.51. The first kappa shape index (κ1) is 12.1. The minimum absolute atomic E-state index is 0.0353. The van der Waals surface area contributed by atoms with Crippen molar-refractivity contribution in [2.75, 3.05) is 7.11 Å². The van der Waals surface area contributed by atoms with Crippen molar-refractivity contribution in [1.82, 2.24) is 9.78 Å². The average molecular weight is 249 g/mol. The lowest BCUT2D eigenvalue weighted by Crippen LogP contribution is -2.50. The third-order valence-corrected chi connectivity index (χ3v) is 2.55. The van der Waals surface area contributed by atoms with Gasteiger partial charge in [0.15, 0.2) is 5.75 Å². The van der Waals surface area contributed by atoms with Crippen molar-refractivity contribution >= 4 is 5.96 Å². The molecule has 0 unspecified atom stereocenters. The van der Waals surface area contributed by atoms with Gasteiger partial charge in [-0.15, -0.1) is 9.78 Å². The van der Waals surface area contributed by atoms with Crippen molar-refractivity contribution in [3.63, 3.8) is 0 Å². The van der Waals surface area contributed by atoms with Crippen LogP contribution in [-0.4, -0.2) is 22.8 Å². The molecule has 1 aromatic heterocycles. The lowest BCUT2D eigenvalue weighted by atomic mass is 10.1. The molecule has 0 aliphatic rings. The Morgan fingerprint density at radius 3 is 2.83 bits per heavy atom. The number of nitrogens with zero attached hydrogens (tertiary/aromatic N) is 2. The first-order chi connectivity index (χ1) is 8.61. The minimum Gasteiger partial charge on any atom is -0.492 e. The van der Waals surface area contributed by atoms with Crippen LogP contribution in [0.25, 0.3) is 0 Å². The number of hydrogen-bond acceptors (Lipinski definition) is 2. The van der Waals surface area contributed by atoms with Crippen LogP contribution in [-0.2, 0) is 6.42 Å². The van der Waals surface area contributed by atoms with Gasteiger partial charge in [-0.2, -0.15) is 0 Å². The predicted molar refractivity (Wildman–Crippen MR) is 64.5 cm³/mol. The molecule has 0 atom stereocenters. The number of ether oxygens (including phenoxy) is 1. The molecule has 1 heterocycles. The summed E-state index contributed by atoms with van der Waals surface area (Å²) in [5.74, 6) is 0.276. The molecular formula is C12H14FN4O+. The molecule has 1 aromatic carbocycles. The molecule has 4 N–H and O–H groups in total. The highest BCUT2D eigenvalue weighted by Crippen LogP contribution is 2.20. The molecular weight excluding hydrogens is 235 g/mol. The van der Waals surface area contributed by atoms with E-state index >= 15 is 0 Å². The molecule has 2 aromatic rings. The van der Waals surface area contributed by atoms with Gasteiger partial charge in [0.2, 0.25) is 0 Å². The number of halogens is 1. The van der Waals surface area contributed by atoms with Gasteiger partial charge in [-0.3, -0.25) is 11.1 Å². The average Bonchev–Trinajstić information content (AvgIpc) is 2.75. The molecule has 5 nitrogen and oxygen atoms in total. The van der Waals surface area contributed by atoms with Gasteiger partial charge in [-0.25, -0.2) is 4.39 Å². The summed E-state index contributed by atoms with van der Waals surface area (Å²) in [6.45, 7) is 0. The van der Waals surface area contributed by atoms with Crippen LogP contribution in [0.4, 0.5) is 4.39 Å². The van der Waals surface area contributed by atoms with Crippen molar-refractivity contribution in [1.29, 1.82) is 0 Å². The number of rotatable bonds is 3. The van der Waals surface area contributed by atoms with Crippen molar-refractivity contribution in [2.45, 2.75) is 6.42 Å². The van der Waals surface area contributed by atoms with E-state index in [0.717, 1.165) is 0 Å². The molecule has 18 heavy (non-hydrogen) atoms. The zero-order valence-corrected chi connectivity index (χ0v) is 9.93. The first-order valence-corrected chi connectivity index (χ1v) is 5.36. The highest BCUT2D eigenvalue weighted by Gasteiger charge is 2.16. The largest absolute Gasteiger partial charge is 0.492 e. The molecule has 0 bridgehead atoms. The molecule has 0 aliphatic heterocycles. The van der Waals surface area contributed by atoms with E-state index in [1.807, 2.05) is 0 Å². The fourth-order valence-corrected chi connectivity index (χ4v) is 1.64. The van der Waals surface area contributed by atoms with Crippen LogP contribution in [0.3, 0.4) is 0 Å². The smallest absolute Gasteiger partial charge is 0.370 e. The third kappa shape index (κ3) is 2.32. The molecule has 0 radical (unpaired) electrons. The Morgan fingerprint density at radius 1 is 1.50 bits per heavy atom. The van der Waals surface area contributed by atoms with Gasteiger partial charge in [0.05, 0.1) is 7.11 Å². The minimum atomic E-state index is -0.279. The third-order valence-electron chi connectivity index (χ3n) is 2.55. The molecule has 0 aliphatic carbocycles. The zero-order valence-electron chi connectivity index (χ0n) is 9.93. The molecule has 0 fully saturated rings. The zero-order chi connectivity index (χ0) is 13.1. The fourth-order valence-electron chi connectivity index (χ4n) is 1.64.